The molecule has 6 heteroatoms. The van der Waals surface area contributed by atoms with Crippen LogP contribution >= 0.6 is 0 Å². The Morgan fingerprint density at radius 1 is 0.867 bits per heavy atom. The molecule has 1 aliphatic rings. The van der Waals surface area contributed by atoms with Crippen LogP contribution < -0.4 is 9.64 Å². The van der Waals surface area contributed by atoms with E-state index in [4.69, 9.17) is 9.84 Å². The van der Waals surface area contributed by atoms with E-state index in [0.29, 0.717) is 18.8 Å². The van der Waals surface area contributed by atoms with E-state index in [1.54, 1.807) is 0 Å². The van der Waals surface area contributed by atoms with Crippen LogP contribution in [0.4, 0.5) is 5.69 Å². The van der Waals surface area contributed by atoms with E-state index in [0.717, 1.165) is 35.1 Å². The molecule has 1 fully saturated rings. The van der Waals surface area contributed by atoms with Crippen molar-refractivity contribution in [2.45, 2.75) is 6.42 Å². The quantitative estimate of drug-likeness (QED) is 0.679. The number of carboxylic acids is 1. The zero-order valence-electron chi connectivity index (χ0n) is 16.7. The summed E-state index contributed by atoms with van der Waals surface area (Å²) in [6.07, 6.45) is -0.0189. The summed E-state index contributed by atoms with van der Waals surface area (Å²) in [4.78, 5) is 27.6. The van der Waals surface area contributed by atoms with Gasteiger partial charge in [-0.15, -0.1) is 0 Å². The summed E-state index contributed by atoms with van der Waals surface area (Å²) in [6.45, 7) is 3.02. The molecule has 0 spiro atoms. The van der Waals surface area contributed by atoms with Crippen molar-refractivity contribution in [1.82, 2.24) is 4.90 Å². The number of amides is 1. The van der Waals surface area contributed by atoms with E-state index >= 15 is 0 Å². The van der Waals surface area contributed by atoms with Crippen molar-refractivity contribution in [3.8, 4) is 5.75 Å². The predicted molar refractivity (Wildman–Crippen MR) is 116 cm³/mol. The van der Waals surface area contributed by atoms with Gasteiger partial charge >= 0.3 is 5.97 Å². The Kier molecular flexibility index (Phi) is 5.84. The molecule has 0 saturated carbocycles. The van der Waals surface area contributed by atoms with Gasteiger partial charge in [-0.25, -0.2) is 0 Å². The zero-order valence-corrected chi connectivity index (χ0v) is 16.7. The minimum atomic E-state index is -0.872. The molecule has 1 heterocycles. The molecule has 4 rings (SSSR count). The van der Waals surface area contributed by atoms with Crippen LogP contribution in [-0.2, 0) is 4.79 Å². The molecule has 0 bridgehead atoms. The molecule has 0 aliphatic carbocycles. The predicted octanol–water partition coefficient (Wildman–Crippen LogP) is 3.66. The summed E-state index contributed by atoms with van der Waals surface area (Å²) >= 11 is 0. The first-order valence-corrected chi connectivity index (χ1v) is 10.1. The maximum atomic E-state index is 12.9. The highest BCUT2D eigenvalue weighted by Gasteiger charge is 2.22. The Labute approximate surface area is 175 Å². The number of piperazine rings is 1. The van der Waals surface area contributed by atoms with Crippen LogP contribution in [0.2, 0.25) is 0 Å². The molecule has 1 saturated heterocycles. The third-order valence-electron chi connectivity index (χ3n) is 5.35. The van der Waals surface area contributed by atoms with E-state index in [2.05, 4.69) is 4.90 Å². The van der Waals surface area contributed by atoms with Gasteiger partial charge in [-0.3, -0.25) is 9.59 Å². The number of carboxylic acid groups (broad SMARTS) is 1. The molecule has 30 heavy (non-hydrogen) atoms. The number of carbonyl (C=O) groups is 2. The van der Waals surface area contributed by atoms with Crippen LogP contribution in [0.3, 0.4) is 0 Å². The van der Waals surface area contributed by atoms with Crippen molar-refractivity contribution < 1.29 is 19.4 Å². The fraction of sp³-hybridized carbons (Fsp3) is 0.250. The van der Waals surface area contributed by atoms with Crippen molar-refractivity contribution in [3.05, 3.63) is 72.3 Å². The zero-order chi connectivity index (χ0) is 20.9. The van der Waals surface area contributed by atoms with E-state index in [9.17, 15) is 9.59 Å². The summed E-state index contributed by atoms with van der Waals surface area (Å²) < 4.78 is 5.43. The van der Waals surface area contributed by atoms with Crippen LogP contribution in [0.1, 0.15) is 16.8 Å². The fourth-order valence-electron chi connectivity index (χ4n) is 3.68. The van der Waals surface area contributed by atoms with Gasteiger partial charge in [-0.05, 0) is 47.2 Å². The Morgan fingerprint density at radius 2 is 1.57 bits per heavy atom. The first-order chi connectivity index (χ1) is 14.6. The topological polar surface area (TPSA) is 70.1 Å². The number of hydrogen-bond donors (Lipinski definition) is 1. The second kappa shape index (κ2) is 8.86. The molecule has 3 aromatic carbocycles. The maximum absolute atomic E-state index is 12.9. The lowest BCUT2D eigenvalue weighted by Crippen LogP contribution is -2.48. The summed E-state index contributed by atoms with van der Waals surface area (Å²) in [7, 11) is 0. The van der Waals surface area contributed by atoms with Crippen molar-refractivity contribution in [1.29, 1.82) is 0 Å². The molecule has 3 aromatic rings. The first-order valence-electron chi connectivity index (χ1n) is 10.1. The van der Waals surface area contributed by atoms with E-state index in [1.807, 2.05) is 71.6 Å². The standard InChI is InChI=1S/C24H24N2O4/c27-23(28)11-16-30-22-9-7-21(8-10-22)25-12-14-26(15-13-25)24(29)20-6-5-18-3-1-2-4-19(18)17-20/h1-10,17H,11-16H2,(H,27,28). The molecule has 0 atom stereocenters. The van der Waals surface area contributed by atoms with Gasteiger partial charge < -0.3 is 19.6 Å². The molecule has 1 amide bonds. The van der Waals surface area contributed by atoms with Gasteiger partial charge in [-0.1, -0.05) is 30.3 Å². The maximum Gasteiger partial charge on any atom is 0.306 e. The lowest BCUT2D eigenvalue weighted by molar-refractivity contribution is -0.137. The van der Waals surface area contributed by atoms with E-state index in [-0.39, 0.29) is 18.9 Å². The minimum absolute atomic E-state index is 0.0189. The summed E-state index contributed by atoms with van der Waals surface area (Å²) in [5.74, 6) is -0.143. The fourth-order valence-corrected chi connectivity index (χ4v) is 3.68. The average molecular weight is 404 g/mol. The molecule has 1 aliphatic heterocycles. The van der Waals surface area contributed by atoms with Crippen LogP contribution in [-0.4, -0.2) is 54.7 Å². The largest absolute Gasteiger partial charge is 0.493 e. The van der Waals surface area contributed by atoms with Crippen molar-refractivity contribution >= 4 is 28.3 Å². The highest BCUT2D eigenvalue weighted by molar-refractivity contribution is 5.98. The number of benzene rings is 3. The third-order valence-corrected chi connectivity index (χ3v) is 5.35. The average Bonchev–Trinajstić information content (AvgIpc) is 2.78. The highest BCUT2D eigenvalue weighted by atomic mass is 16.5. The SMILES string of the molecule is O=C(O)CCOc1ccc(N2CCN(C(=O)c3ccc4ccccc4c3)CC2)cc1. The van der Waals surface area contributed by atoms with Gasteiger partial charge in [0, 0.05) is 37.4 Å². The van der Waals surface area contributed by atoms with Gasteiger partial charge in [-0.2, -0.15) is 0 Å². The van der Waals surface area contributed by atoms with Crippen LogP contribution in [0.5, 0.6) is 5.75 Å². The number of aliphatic carboxylic acids is 1. The van der Waals surface area contributed by atoms with Gasteiger partial charge in [0.05, 0.1) is 13.0 Å². The molecule has 0 radical (unpaired) electrons. The Bertz CT molecular complexity index is 1040. The van der Waals surface area contributed by atoms with E-state index in [1.165, 1.54) is 0 Å². The smallest absolute Gasteiger partial charge is 0.306 e. The lowest BCUT2D eigenvalue weighted by Gasteiger charge is -2.36. The molecule has 0 aromatic heterocycles. The van der Waals surface area contributed by atoms with Gasteiger partial charge in [0.25, 0.3) is 5.91 Å². The Balaban J connectivity index is 1.33. The normalized spacial score (nSPS) is 14.0. The number of carbonyl (C=O) groups excluding carboxylic acids is 1. The monoisotopic (exact) mass is 404 g/mol. The van der Waals surface area contributed by atoms with Gasteiger partial charge in [0.2, 0.25) is 0 Å². The van der Waals surface area contributed by atoms with Gasteiger partial charge in [0.1, 0.15) is 5.75 Å². The number of hydrogen-bond acceptors (Lipinski definition) is 4. The first kappa shape index (κ1) is 19.8. The number of anilines is 1. The lowest BCUT2D eigenvalue weighted by atomic mass is 10.1. The minimum Gasteiger partial charge on any atom is -0.493 e. The molecular formula is C24H24N2O4. The van der Waals surface area contributed by atoms with Gasteiger partial charge in [0.15, 0.2) is 0 Å². The number of fused-ring (bicyclic) bond motifs is 1. The highest BCUT2D eigenvalue weighted by Crippen LogP contribution is 2.22. The second-order valence-electron chi connectivity index (χ2n) is 7.33. The van der Waals surface area contributed by atoms with Crippen molar-refractivity contribution in [2.75, 3.05) is 37.7 Å². The molecule has 0 unspecified atom stereocenters. The molecule has 154 valence electrons. The summed E-state index contributed by atoms with van der Waals surface area (Å²) in [5, 5.41) is 10.9. The second-order valence-corrected chi connectivity index (χ2v) is 7.33. The van der Waals surface area contributed by atoms with Crippen molar-refractivity contribution in [2.24, 2.45) is 0 Å². The van der Waals surface area contributed by atoms with Crippen LogP contribution in [0, 0.1) is 0 Å². The summed E-state index contributed by atoms with van der Waals surface area (Å²) in [6, 6.07) is 21.6. The Morgan fingerprint density at radius 3 is 2.27 bits per heavy atom. The van der Waals surface area contributed by atoms with Crippen LogP contribution in [0.25, 0.3) is 10.8 Å². The molecule has 6 nitrogen and oxygen atoms in total. The summed E-state index contributed by atoms with van der Waals surface area (Å²) in [5.41, 5.74) is 1.79. The number of nitrogens with zero attached hydrogens (tertiary/aromatic N) is 2. The molecular weight excluding hydrogens is 380 g/mol. The van der Waals surface area contributed by atoms with Crippen molar-refractivity contribution in [3.63, 3.8) is 0 Å². The van der Waals surface area contributed by atoms with E-state index < -0.39 is 5.97 Å². The third kappa shape index (κ3) is 4.54. The van der Waals surface area contributed by atoms with Crippen LogP contribution in [0.15, 0.2) is 66.7 Å². The number of ether oxygens (including phenoxy) is 1. The number of rotatable bonds is 6. The Hall–Kier alpha value is -3.54. The molecule has 1 N–H and O–H groups in total.